The first kappa shape index (κ1) is 22.7. The summed E-state index contributed by atoms with van der Waals surface area (Å²) in [6.45, 7) is 1.36. The van der Waals surface area contributed by atoms with E-state index in [4.69, 9.17) is 20.8 Å². The number of hydrogen-bond donors (Lipinski definition) is 1. The smallest absolute Gasteiger partial charge is 0.277 e. The number of nitrogens with zero attached hydrogens (tertiary/aromatic N) is 3. The van der Waals surface area contributed by atoms with Gasteiger partial charge in [0, 0.05) is 18.7 Å². The maximum absolute atomic E-state index is 12.9. The van der Waals surface area contributed by atoms with E-state index in [2.05, 4.69) is 15.5 Å². The standard InChI is InChI=1S/C20H19ClN4O5S2/c21-16-6-1-2-7-17(16)22-18(26)13-31-20-24-23-19(30-20)14-4-3-5-15(12-14)32(27,28)25-8-10-29-11-9-25/h1-7,12H,8-11,13H2,(H,22,26). The van der Waals surface area contributed by atoms with Crippen molar-refractivity contribution in [3.8, 4) is 11.5 Å². The molecule has 1 fully saturated rings. The largest absolute Gasteiger partial charge is 0.411 e. The number of thioether (sulfide) groups is 1. The lowest BCUT2D eigenvalue weighted by Crippen LogP contribution is -2.40. The molecule has 0 unspecified atom stereocenters. The monoisotopic (exact) mass is 494 g/mol. The maximum Gasteiger partial charge on any atom is 0.277 e. The topological polar surface area (TPSA) is 115 Å². The van der Waals surface area contributed by atoms with Crippen molar-refractivity contribution in [3.05, 3.63) is 53.6 Å². The number of rotatable bonds is 7. The van der Waals surface area contributed by atoms with E-state index >= 15 is 0 Å². The van der Waals surface area contributed by atoms with Gasteiger partial charge < -0.3 is 14.5 Å². The number of nitrogens with one attached hydrogen (secondary N) is 1. The molecule has 1 N–H and O–H groups in total. The molecule has 0 spiro atoms. The molecule has 9 nitrogen and oxygen atoms in total. The highest BCUT2D eigenvalue weighted by atomic mass is 35.5. The van der Waals surface area contributed by atoms with Crippen LogP contribution in [-0.2, 0) is 19.6 Å². The fraction of sp³-hybridized carbons (Fsp3) is 0.250. The molecule has 1 aliphatic heterocycles. The van der Waals surface area contributed by atoms with Crippen LogP contribution >= 0.6 is 23.4 Å². The molecule has 3 aromatic rings. The summed E-state index contributed by atoms with van der Waals surface area (Å²) < 4.78 is 38.0. The van der Waals surface area contributed by atoms with Crippen LogP contribution in [0.15, 0.2) is 63.1 Å². The van der Waals surface area contributed by atoms with Gasteiger partial charge in [-0.3, -0.25) is 4.79 Å². The molecular weight excluding hydrogens is 476 g/mol. The van der Waals surface area contributed by atoms with Crippen molar-refractivity contribution in [2.75, 3.05) is 37.4 Å². The van der Waals surface area contributed by atoms with Gasteiger partial charge in [0.2, 0.25) is 21.8 Å². The van der Waals surface area contributed by atoms with Crippen LogP contribution in [0.5, 0.6) is 0 Å². The van der Waals surface area contributed by atoms with Crippen LogP contribution in [0.25, 0.3) is 11.5 Å². The van der Waals surface area contributed by atoms with Crippen LogP contribution in [-0.4, -0.2) is 60.9 Å². The van der Waals surface area contributed by atoms with Crippen LogP contribution in [0, 0.1) is 0 Å². The molecule has 0 radical (unpaired) electrons. The van der Waals surface area contributed by atoms with Gasteiger partial charge in [-0.25, -0.2) is 8.42 Å². The first-order valence-electron chi connectivity index (χ1n) is 9.62. The normalized spacial score (nSPS) is 14.9. The second kappa shape index (κ2) is 10.0. The van der Waals surface area contributed by atoms with E-state index < -0.39 is 10.0 Å². The number of carbonyl (C=O) groups is 1. The van der Waals surface area contributed by atoms with Gasteiger partial charge in [-0.1, -0.05) is 41.6 Å². The van der Waals surface area contributed by atoms with Crippen molar-refractivity contribution in [1.82, 2.24) is 14.5 Å². The second-order valence-corrected chi connectivity index (χ2v) is 10.0. The minimum Gasteiger partial charge on any atom is -0.411 e. The zero-order valence-electron chi connectivity index (χ0n) is 16.7. The summed E-state index contributed by atoms with van der Waals surface area (Å²) in [7, 11) is -3.65. The molecule has 1 aliphatic rings. The fourth-order valence-electron chi connectivity index (χ4n) is 2.99. The van der Waals surface area contributed by atoms with E-state index in [1.807, 2.05) is 0 Å². The summed E-state index contributed by atoms with van der Waals surface area (Å²) >= 11 is 7.10. The van der Waals surface area contributed by atoms with E-state index in [-0.39, 0.29) is 27.7 Å². The number of hydrogen-bond acceptors (Lipinski definition) is 8. The van der Waals surface area contributed by atoms with Crippen molar-refractivity contribution in [2.45, 2.75) is 10.1 Å². The Hall–Kier alpha value is -2.44. The summed E-state index contributed by atoms with van der Waals surface area (Å²) in [5.41, 5.74) is 0.989. The molecule has 32 heavy (non-hydrogen) atoms. The van der Waals surface area contributed by atoms with Gasteiger partial charge in [-0.2, -0.15) is 4.31 Å². The molecule has 0 bridgehead atoms. The first-order chi connectivity index (χ1) is 15.4. The summed E-state index contributed by atoms with van der Waals surface area (Å²) in [5, 5.41) is 11.3. The third-order valence-electron chi connectivity index (χ3n) is 4.57. The minimum absolute atomic E-state index is 0.0400. The van der Waals surface area contributed by atoms with Gasteiger partial charge in [0.05, 0.1) is 34.6 Å². The number of aromatic nitrogens is 2. The van der Waals surface area contributed by atoms with Gasteiger partial charge in [0.25, 0.3) is 5.22 Å². The first-order valence-corrected chi connectivity index (χ1v) is 12.4. The predicted molar refractivity (Wildman–Crippen MR) is 120 cm³/mol. The lowest BCUT2D eigenvalue weighted by atomic mass is 10.2. The minimum atomic E-state index is -3.65. The maximum atomic E-state index is 12.9. The van der Waals surface area contributed by atoms with Crippen LogP contribution < -0.4 is 5.32 Å². The molecule has 2 aromatic carbocycles. The third-order valence-corrected chi connectivity index (χ3v) is 7.61. The molecule has 12 heteroatoms. The summed E-state index contributed by atoms with van der Waals surface area (Å²) in [4.78, 5) is 12.3. The lowest BCUT2D eigenvalue weighted by Gasteiger charge is -2.26. The van der Waals surface area contributed by atoms with Crippen LogP contribution in [0.2, 0.25) is 5.02 Å². The molecule has 168 valence electrons. The number of anilines is 1. The van der Waals surface area contributed by atoms with Gasteiger partial charge >= 0.3 is 0 Å². The van der Waals surface area contributed by atoms with Gasteiger partial charge in [-0.05, 0) is 30.3 Å². The number of sulfonamides is 1. The molecule has 1 amide bonds. The van der Waals surface area contributed by atoms with E-state index in [9.17, 15) is 13.2 Å². The fourth-order valence-corrected chi connectivity index (χ4v) is 5.19. The van der Waals surface area contributed by atoms with E-state index in [1.54, 1.807) is 36.4 Å². The number of morpholine rings is 1. The van der Waals surface area contributed by atoms with Gasteiger partial charge in [0.1, 0.15) is 0 Å². The Labute approximate surface area is 194 Å². The van der Waals surface area contributed by atoms with Gasteiger partial charge in [0.15, 0.2) is 0 Å². The second-order valence-electron chi connectivity index (χ2n) is 6.73. The molecule has 1 saturated heterocycles. The zero-order chi connectivity index (χ0) is 22.6. The van der Waals surface area contributed by atoms with Crippen LogP contribution in [0.4, 0.5) is 5.69 Å². The van der Waals surface area contributed by atoms with Gasteiger partial charge in [-0.15, -0.1) is 10.2 Å². The number of halogens is 1. The number of para-hydroxylation sites is 1. The Bertz CT molecular complexity index is 1210. The van der Waals surface area contributed by atoms with Crippen LogP contribution in [0.3, 0.4) is 0 Å². The van der Waals surface area contributed by atoms with Crippen molar-refractivity contribution >= 4 is 45.0 Å². The number of benzene rings is 2. The summed E-state index contributed by atoms with van der Waals surface area (Å²) in [5.74, 6) is -0.0716. The number of carbonyl (C=O) groups excluding carboxylic acids is 1. The average molecular weight is 495 g/mol. The predicted octanol–water partition coefficient (Wildman–Crippen LogP) is 3.14. The Morgan fingerprint density at radius 2 is 1.91 bits per heavy atom. The molecule has 4 rings (SSSR count). The summed E-state index contributed by atoms with van der Waals surface area (Å²) in [6.07, 6.45) is 0. The quantitative estimate of drug-likeness (QED) is 0.498. The molecule has 1 aromatic heterocycles. The van der Waals surface area contributed by atoms with Crippen molar-refractivity contribution < 1.29 is 22.4 Å². The number of amides is 1. The van der Waals surface area contributed by atoms with Crippen molar-refractivity contribution in [2.24, 2.45) is 0 Å². The average Bonchev–Trinajstić information content (AvgIpc) is 3.29. The molecule has 2 heterocycles. The molecular formula is C20H19ClN4O5S2. The number of ether oxygens (including phenoxy) is 1. The summed E-state index contributed by atoms with van der Waals surface area (Å²) in [6, 6.07) is 13.3. The Morgan fingerprint density at radius 1 is 1.12 bits per heavy atom. The third kappa shape index (κ3) is 5.30. The van der Waals surface area contributed by atoms with Crippen molar-refractivity contribution in [1.29, 1.82) is 0 Å². The van der Waals surface area contributed by atoms with E-state index in [0.717, 1.165) is 11.8 Å². The van der Waals surface area contributed by atoms with E-state index in [1.165, 1.54) is 16.4 Å². The molecule has 0 saturated carbocycles. The Morgan fingerprint density at radius 3 is 2.69 bits per heavy atom. The highest BCUT2D eigenvalue weighted by Crippen LogP contribution is 2.27. The SMILES string of the molecule is O=C(CSc1nnc(-c2cccc(S(=O)(=O)N3CCOCC3)c2)o1)Nc1ccccc1Cl. The van der Waals surface area contributed by atoms with E-state index in [0.29, 0.717) is 42.6 Å². The highest BCUT2D eigenvalue weighted by molar-refractivity contribution is 7.99. The Balaban J connectivity index is 1.42. The Kier molecular flexibility index (Phi) is 7.11. The lowest BCUT2D eigenvalue weighted by molar-refractivity contribution is -0.113. The van der Waals surface area contributed by atoms with Crippen molar-refractivity contribution in [3.63, 3.8) is 0 Å². The molecule has 0 atom stereocenters. The molecule has 0 aliphatic carbocycles. The highest BCUT2D eigenvalue weighted by Gasteiger charge is 2.27. The zero-order valence-corrected chi connectivity index (χ0v) is 19.1. The van der Waals surface area contributed by atoms with Crippen LogP contribution in [0.1, 0.15) is 0 Å².